The van der Waals surface area contributed by atoms with Crippen molar-refractivity contribution in [2.75, 3.05) is 19.7 Å². The molecule has 1 rings (SSSR count). The number of rotatable bonds is 7. The summed E-state index contributed by atoms with van der Waals surface area (Å²) in [7, 11) is 0. The van der Waals surface area contributed by atoms with Crippen molar-refractivity contribution in [3.05, 3.63) is 29.0 Å². The summed E-state index contributed by atoms with van der Waals surface area (Å²) < 4.78 is 18.2. The highest BCUT2D eigenvalue weighted by Crippen LogP contribution is 2.20. The molecule has 0 fully saturated rings. The predicted molar refractivity (Wildman–Crippen MR) is 64.7 cm³/mol. The van der Waals surface area contributed by atoms with Gasteiger partial charge in [-0.3, -0.25) is 0 Å². The minimum atomic E-state index is -0.421. The number of benzene rings is 1. The third-order valence-electron chi connectivity index (χ3n) is 2.15. The Kier molecular flexibility index (Phi) is 6.19. The van der Waals surface area contributed by atoms with Gasteiger partial charge in [0.1, 0.15) is 18.2 Å². The second kappa shape index (κ2) is 7.47. The van der Waals surface area contributed by atoms with Gasteiger partial charge in [-0.25, -0.2) is 4.39 Å². The van der Waals surface area contributed by atoms with Crippen molar-refractivity contribution >= 4 is 11.6 Å². The van der Waals surface area contributed by atoms with Crippen LogP contribution in [0.15, 0.2) is 18.2 Å². The van der Waals surface area contributed by atoms with Crippen LogP contribution in [-0.2, 0) is 0 Å². The minimum absolute atomic E-state index is 0.0939. The van der Waals surface area contributed by atoms with E-state index in [0.717, 1.165) is 13.1 Å². The number of halogens is 2. The van der Waals surface area contributed by atoms with Gasteiger partial charge in [0.25, 0.3) is 0 Å². The lowest BCUT2D eigenvalue weighted by Gasteiger charge is -2.07. The largest absolute Gasteiger partial charge is 0.492 e. The highest BCUT2D eigenvalue weighted by Gasteiger charge is 2.00. The SMILES string of the molecule is CCCCNCCOc1ccc(F)c(Cl)c1. The van der Waals surface area contributed by atoms with Crippen LogP contribution in [0.4, 0.5) is 4.39 Å². The maximum atomic E-state index is 12.8. The first-order valence-corrected chi connectivity index (χ1v) is 5.90. The molecule has 0 radical (unpaired) electrons. The molecule has 0 aliphatic carbocycles. The van der Waals surface area contributed by atoms with E-state index in [1.165, 1.54) is 25.0 Å². The number of ether oxygens (including phenoxy) is 1. The van der Waals surface area contributed by atoms with E-state index in [-0.39, 0.29) is 5.02 Å². The van der Waals surface area contributed by atoms with Gasteiger partial charge in [-0.2, -0.15) is 0 Å². The summed E-state index contributed by atoms with van der Waals surface area (Å²) in [4.78, 5) is 0. The molecule has 1 aromatic rings. The average Bonchev–Trinajstić information content (AvgIpc) is 2.28. The van der Waals surface area contributed by atoms with Crippen molar-refractivity contribution in [3.8, 4) is 5.75 Å². The summed E-state index contributed by atoms with van der Waals surface area (Å²) in [5, 5.41) is 3.34. The van der Waals surface area contributed by atoms with Gasteiger partial charge in [-0.05, 0) is 25.1 Å². The van der Waals surface area contributed by atoms with Crippen LogP contribution in [-0.4, -0.2) is 19.7 Å². The van der Waals surface area contributed by atoms with Crippen molar-refractivity contribution in [1.82, 2.24) is 5.32 Å². The van der Waals surface area contributed by atoms with Crippen LogP contribution >= 0.6 is 11.6 Å². The predicted octanol–water partition coefficient (Wildman–Crippen LogP) is 3.25. The number of hydrogen-bond acceptors (Lipinski definition) is 2. The molecule has 0 saturated heterocycles. The Morgan fingerprint density at radius 2 is 2.19 bits per heavy atom. The van der Waals surface area contributed by atoms with Gasteiger partial charge in [0.2, 0.25) is 0 Å². The molecule has 2 nitrogen and oxygen atoms in total. The number of nitrogens with one attached hydrogen (secondary N) is 1. The minimum Gasteiger partial charge on any atom is -0.492 e. The monoisotopic (exact) mass is 245 g/mol. The Labute approximate surface area is 101 Å². The highest BCUT2D eigenvalue weighted by molar-refractivity contribution is 6.30. The van der Waals surface area contributed by atoms with Crippen molar-refractivity contribution in [3.63, 3.8) is 0 Å². The van der Waals surface area contributed by atoms with Gasteiger partial charge >= 0.3 is 0 Å². The van der Waals surface area contributed by atoms with E-state index >= 15 is 0 Å². The van der Waals surface area contributed by atoms with E-state index < -0.39 is 5.82 Å². The molecule has 0 atom stereocenters. The molecule has 0 unspecified atom stereocenters. The summed E-state index contributed by atoms with van der Waals surface area (Å²) in [5.41, 5.74) is 0. The van der Waals surface area contributed by atoms with E-state index in [1.54, 1.807) is 6.07 Å². The number of unbranched alkanes of at least 4 members (excludes halogenated alkanes) is 1. The Morgan fingerprint density at radius 1 is 1.38 bits per heavy atom. The zero-order valence-corrected chi connectivity index (χ0v) is 10.2. The lowest BCUT2D eigenvalue weighted by atomic mass is 10.3. The molecule has 1 N–H and O–H groups in total. The second-order valence-corrected chi connectivity index (χ2v) is 3.94. The molecule has 0 aliphatic rings. The van der Waals surface area contributed by atoms with Gasteiger partial charge in [0.15, 0.2) is 0 Å². The standard InChI is InChI=1S/C12H17ClFNO/c1-2-3-6-15-7-8-16-10-4-5-12(14)11(13)9-10/h4-5,9,15H,2-3,6-8H2,1H3. The molecule has 0 spiro atoms. The summed E-state index contributed by atoms with van der Waals surface area (Å²) in [6.45, 7) is 4.50. The molecule has 0 heterocycles. The van der Waals surface area contributed by atoms with E-state index in [0.29, 0.717) is 12.4 Å². The van der Waals surface area contributed by atoms with E-state index in [9.17, 15) is 4.39 Å². The average molecular weight is 246 g/mol. The van der Waals surface area contributed by atoms with Crippen LogP contribution in [0, 0.1) is 5.82 Å². The van der Waals surface area contributed by atoms with Crippen molar-refractivity contribution in [2.24, 2.45) is 0 Å². The fraction of sp³-hybridized carbons (Fsp3) is 0.500. The first-order chi connectivity index (χ1) is 7.74. The Morgan fingerprint density at radius 3 is 2.88 bits per heavy atom. The van der Waals surface area contributed by atoms with Crippen LogP contribution in [0.3, 0.4) is 0 Å². The topological polar surface area (TPSA) is 21.3 Å². The third-order valence-corrected chi connectivity index (χ3v) is 2.44. The van der Waals surface area contributed by atoms with Gasteiger partial charge in [-0.1, -0.05) is 24.9 Å². The number of hydrogen-bond donors (Lipinski definition) is 1. The fourth-order valence-corrected chi connectivity index (χ4v) is 1.40. The smallest absolute Gasteiger partial charge is 0.142 e. The fourth-order valence-electron chi connectivity index (χ4n) is 1.23. The molecule has 0 bridgehead atoms. The normalized spacial score (nSPS) is 10.4. The maximum Gasteiger partial charge on any atom is 0.142 e. The van der Waals surface area contributed by atoms with E-state index in [4.69, 9.17) is 16.3 Å². The third kappa shape index (κ3) is 4.81. The Bertz CT molecular complexity index is 320. The molecular weight excluding hydrogens is 229 g/mol. The maximum absolute atomic E-state index is 12.8. The van der Waals surface area contributed by atoms with Crippen LogP contribution in [0.5, 0.6) is 5.75 Å². The molecule has 0 saturated carbocycles. The molecule has 0 amide bonds. The zero-order chi connectivity index (χ0) is 11.8. The van der Waals surface area contributed by atoms with E-state index in [2.05, 4.69) is 12.2 Å². The first kappa shape index (κ1) is 13.3. The molecule has 0 aliphatic heterocycles. The second-order valence-electron chi connectivity index (χ2n) is 3.53. The lowest BCUT2D eigenvalue weighted by molar-refractivity contribution is 0.313. The molecule has 16 heavy (non-hydrogen) atoms. The molecule has 4 heteroatoms. The van der Waals surface area contributed by atoms with Crippen molar-refractivity contribution in [1.29, 1.82) is 0 Å². The van der Waals surface area contributed by atoms with Gasteiger partial charge in [0.05, 0.1) is 5.02 Å². The summed E-state index contributed by atoms with van der Waals surface area (Å²) in [5.74, 6) is 0.179. The van der Waals surface area contributed by atoms with Crippen LogP contribution in [0.1, 0.15) is 19.8 Å². The van der Waals surface area contributed by atoms with Crippen LogP contribution in [0.2, 0.25) is 5.02 Å². The zero-order valence-electron chi connectivity index (χ0n) is 9.43. The van der Waals surface area contributed by atoms with Crippen LogP contribution in [0.25, 0.3) is 0 Å². The molecule has 0 aromatic heterocycles. The van der Waals surface area contributed by atoms with Crippen LogP contribution < -0.4 is 10.1 Å². The van der Waals surface area contributed by atoms with Crippen molar-refractivity contribution in [2.45, 2.75) is 19.8 Å². The van der Waals surface area contributed by atoms with Gasteiger partial charge < -0.3 is 10.1 Å². The summed E-state index contributed by atoms with van der Waals surface area (Å²) >= 11 is 5.62. The van der Waals surface area contributed by atoms with Gasteiger partial charge in [0, 0.05) is 12.6 Å². The summed E-state index contributed by atoms with van der Waals surface area (Å²) in [6.07, 6.45) is 2.35. The van der Waals surface area contributed by atoms with Crippen molar-refractivity contribution < 1.29 is 9.13 Å². The van der Waals surface area contributed by atoms with E-state index in [1.807, 2.05) is 0 Å². The quantitative estimate of drug-likeness (QED) is 0.745. The molecular formula is C12H17ClFNO. The summed E-state index contributed by atoms with van der Waals surface area (Å²) in [6, 6.07) is 4.37. The molecule has 1 aromatic carbocycles. The molecule has 90 valence electrons. The Hall–Kier alpha value is -0.800. The first-order valence-electron chi connectivity index (χ1n) is 5.52. The lowest BCUT2D eigenvalue weighted by Crippen LogP contribution is -2.21. The Balaban J connectivity index is 2.19. The van der Waals surface area contributed by atoms with Gasteiger partial charge in [-0.15, -0.1) is 0 Å². The highest BCUT2D eigenvalue weighted by atomic mass is 35.5.